The summed E-state index contributed by atoms with van der Waals surface area (Å²) in [5.74, 6) is 4.29. The maximum Gasteiger partial charge on any atom is 0.157 e. The van der Waals surface area contributed by atoms with Crippen molar-refractivity contribution in [2.75, 3.05) is 0 Å². The lowest BCUT2D eigenvalue weighted by molar-refractivity contribution is -0.133. The fourth-order valence-corrected chi connectivity index (χ4v) is 9.11. The third-order valence-corrected chi connectivity index (χ3v) is 10.7. The van der Waals surface area contributed by atoms with Gasteiger partial charge in [-0.25, -0.2) is 4.68 Å². The van der Waals surface area contributed by atoms with E-state index in [-0.39, 0.29) is 11.3 Å². The number of carbonyl (C=O) groups excluding carboxylic acids is 1. The topological polar surface area (TPSA) is 68.0 Å². The summed E-state index contributed by atoms with van der Waals surface area (Å²) in [6, 6.07) is 6.10. The van der Waals surface area contributed by atoms with E-state index in [4.69, 9.17) is 0 Å². The number of hydrogen-bond donors (Lipinski definition) is 1. The predicted octanol–water partition coefficient (Wildman–Crippen LogP) is 5.33. The van der Waals surface area contributed by atoms with Crippen molar-refractivity contribution in [3.63, 3.8) is 0 Å². The van der Waals surface area contributed by atoms with Gasteiger partial charge in [0, 0.05) is 5.92 Å². The molecule has 8 atom stereocenters. The standard InChI is InChI=1S/C28H39N3O2/c1-17-5-4-6-24-26(17)29-30-31(24)16-25(32)23-10-9-22-21-8-7-18-15-27(2,33)13-11-19(18)20(21)12-14-28(22,23)3/h4-6,18-23,33H,7-16H2,1-3H3. The number of rotatable bonds is 3. The van der Waals surface area contributed by atoms with Gasteiger partial charge in [-0.1, -0.05) is 24.3 Å². The molecule has 4 fully saturated rings. The molecule has 4 saturated carbocycles. The average Bonchev–Trinajstić information content (AvgIpc) is 3.34. The SMILES string of the molecule is Cc1cccc2c1nnn2CC(=O)C1CCC2C3CCC4CC(C)(O)CCC4C3CCC12C. The van der Waals surface area contributed by atoms with Crippen LogP contribution in [0.15, 0.2) is 18.2 Å². The Balaban J connectivity index is 1.20. The Hall–Kier alpha value is -1.75. The molecule has 8 unspecified atom stereocenters. The number of carbonyl (C=O) groups is 1. The van der Waals surface area contributed by atoms with Gasteiger partial charge in [0.05, 0.1) is 11.1 Å². The van der Waals surface area contributed by atoms with Crippen LogP contribution in [0.3, 0.4) is 0 Å². The second-order valence-corrected chi connectivity index (χ2v) is 12.5. The molecule has 5 nitrogen and oxygen atoms in total. The van der Waals surface area contributed by atoms with Gasteiger partial charge in [-0.2, -0.15) is 0 Å². The van der Waals surface area contributed by atoms with Crippen LogP contribution in [0.1, 0.15) is 77.2 Å². The Kier molecular flexibility index (Phi) is 5.03. The second kappa shape index (κ2) is 7.63. The summed E-state index contributed by atoms with van der Waals surface area (Å²) in [6.45, 7) is 6.87. The minimum atomic E-state index is -0.452. The highest BCUT2D eigenvalue weighted by Crippen LogP contribution is 2.64. The molecule has 1 heterocycles. The van der Waals surface area contributed by atoms with Crippen molar-refractivity contribution < 1.29 is 9.90 Å². The van der Waals surface area contributed by atoms with E-state index >= 15 is 0 Å². The van der Waals surface area contributed by atoms with Gasteiger partial charge in [0.15, 0.2) is 5.78 Å². The quantitative estimate of drug-likeness (QED) is 0.688. The van der Waals surface area contributed by atoms with Gasteiger partial charge in [-0.3, -0.25) is 4.79 Å². The third-order valence-electron chi connectivity index (χ3n) is 10.7. The minimum Gasteiger partial charge on any atom is -0.390 e. The number of ketones is 1. The normalized spacial score (nSPS) is 42.5. The number of Topliss-reactive ketones (excluding diaryl/α,β-unsaturated/α-hetero) is 1. The summed E-state index contributed by atoms with van der Waals surface area (Å²) < 4.78 is 1.83. The maximum absolute atomic E-state index is 13.6. The van der Waals surface area contributed by atoms with Crippen LogP contribution in [0.5, 0.6) is 0 Å². The maximum atomic E-state index is 13.6. The molecule has 0 spiro atoms. The molecule has 2 aromatic rings. The Labute approximate surface area is 197 Å². The van der Waals surface area contributed by atoms with Gasteiger partial charge in [-0.15, -0.1) is 5.10 Å². The Morgan fingerprint density at radius 3 is 2.73 bits per heavy atom. The van der Waals surface area contributed by atoms with Crippen molar-refractivity contribution in [2.45, 2.75) is 90.7 Å². The van der Waals surface area contributed by atoms with Gasteiger partial charge < -0.3 is 5.11 Å². The molecule has 0 saturated heterocycles. The van der Waals surface area contributed by atoms with Crippen LogP contribution in [0.4, 0.5) is 0 Å². The smallest absolute Gasteiger partial charge is 0.157 e. The van der Waals surface area contributed by atoms with Gasteiger partial charge in [0.25, 0.3) is 0 Å². The van der Waals surface area contributed by atoms with Gasteiger partial charge >= 0.3 is 0 Å². The first kappa shape index (κ1) is 21.8. The highest BCUT2D eigenvalue weighted by atomic mass is 16.3. The van der Waals surface area contributed by atoms with Crippen LogP contribution in [-0.4, -0.2) is 31.5 Å². The van der Waals surface area contributed by atoms with Gasteiger partial charge in [0.2, 0.25) is 0 Å². The molecule has 1 aromatic carbocycles. The molecule has 0 aliphatic heterocycles. The summed E-state index contributed by atoms with van der Waals surface area (Å²) in [5.41, 5.74) is 2.67. The number of aromatic nitrogens is 3. The van der Waals surface area contributed by atoms with Crippen molar-refractivity contribution in [3.05, 3.63) is 23.8 Å². The lowest BCUT2D eigenvalue weighted by Crippen LogP contribution is -2.51. The van der Waals surface area contributed by atoms with E-state index in [9.17, 15) is 9.90 Å². The van der Waals surface area contributed by atoms with E-state index in [1.807, 2.05) is 36.7 Å². The highest BCUT2D eigenvalue weighted by Gasteiger charge is 2.58. The van der Waals surface area contributed by atoms with E-state index in [0.717, 1.165) is 53.6 Å². The zero-order valence-electron chi connectivity index (χ0n) is 20.5. The molecule has 1 aromatic heterocycles. The number of nitrogens with zero attached hydrogens (tertiary/aromatic N) is 3. The highest BCUT2D eigenvalue weighted by molar-refractivity contribution is 5.84. The summed E-state index contributed by atoms with van der Waals surface area (Å²) in [6.07, 6.45) is 10.4. The molecule has 0 radical (unpaired) electrons. The van der Waals surface area contributed by atoms with Gasteiger partial charge in [-0.05, 0) is 118 Å². The molecular formula is C28H39N3O2. The molecule has 0 bridgehead atoms. The van der Waals surface area contributed by atoms with E-state index in [1.54, 1.807) is 0 Å². The summed E-state index contributed by atoms with van der Waals surface area (Å²) in [7, 11) is 0. The predicted molar refractivity (Wildman–Crippen MR) is 128 cm³/mol. The van der Waals surface area contributed by atoms with Crippen molar-refractivity contribution in [3.8, 4) is 0 Å². The third kappa shape index (κ3) is 3.40. The number of benzene rings is 1. The number of hydrogen-bond acceptors (Lipinski definition) is 4. The van der Waals surface area contributed by atoms with Crippen LogP contribution in [-0.2, 0) is 11.3 Å². The fourth-order valence-electron chi connectivity index (χ4n) is 9.11. The van der Waals surface area contributed by atoms with E-state index in [0.29, 0.717) is 24.2 Å². The lowest BCUT2D eigenvalue weighted by atomic mass is 9.49. The van der Waals surface area contributed by atoms with Crippen LogP contribution >= 0.6 is 0 Å². The number of aryl methyl sites for hydroxylation is 1. The first-order chi connectivity index (χ1) is 15.8. The molecular weight excluding hydrogens is 410 g/mol. The van der Waals surface area contributed by atoms with Crippen LogP contribution in [0.25, 0.3) is 11.0 Å². The molecule has 1 N–H and O–H groups in total. The minimum absolute atomic E-state index is 0.136. The van der Waals surface area contributed by atoms with Gasteiger partial charge in [0.1, 0.15) is 12.1 Å². The van der Waals surface area contributed by atoms with Crippen LogP contribution < -0.4 is 0 Å². The number of aliphatic hydroxyl groups is 1. The number of fused-ring (bicyclic) bond motifs is 6. The molecule has 178 valence electrons. The monoisotopic (exact) mass is 449 g/mol. The summed E-state index contributed by atoms with van der Waals surface area (Å²) in [4.78, 5) is 13.6. The molecule has 5 heteroatoms. The van der Waals surface area contributed by atoms with Crippen molar-refractivity contribution in [1.82, 2.24) is 15.0 Å². The summed E-state index contributed by atoms with van der Waals surface area (Å²) in [5, 5.41) is 19.3. The Morgan fingerprint density at radius 1 is 1.06 bits per heavy atom. The van der Waals surface area contributed by atoms with Crippen LogP contribution in [0, 0.1) is 47.8 Å². The summed E-state index contributed by atoms with van der Waals surface area (Å²) >= 11 is 0. The van der Waals surface area contributed by atoms with E-state index < -0.39 is 5.60 Å². The molecule has 4 aliphatic carbocycles. The zero-order valence-corrected chi connectivity index (χ0v) is 20.5. The molecule has 4 aliphatic rings. The molecule has 33 heavy (non-hydrogen) atoms. The van der Waals surface area contributed by atoms with Crippen LogP contribution in [0.2, 0.25) is 0 Å². The Bertz CT molecular complexity index is 1070. The van der Waals surface area contributed by atoms with Crippen molar-refractivity contribution >= 4 is 16.8 Å². The van der Waals surface area contributed by atoms with E-state index in [1.165, 1.54) is 38.5 Å². The first-order valence-electron chi connectivity index (χ1n) is 13.3. The van der Waals surface area contributed by atoms with Crippen molar-refractivity contribution in [2.24, 2.45) is 40.9 Å². The fraction of sp³-hybridized carbons (Fsp3) is 0.750. The van der Waals surface area contributed by atoms with E-state index in [2.05, 4.69) is 17.2 Å². The largest absolute Gasteiger partial charge is 0.390 e. The molecule has 0 amide bonds. The first-order valence-corrected chi connectivity index (χ1v) is 13.3. The molecule has 6 rings (SSSR count). The average molecular weight is 450 g/mol. The lowest BCUT2D eigenvalue weighted by Gasteiger charge is -2.56. The zero-order chi connectivity index (χ0) is 23.0. The van der Waals surface area contributed by atoms with Crippen molar-refractivity contribution in [1.29, 1.82) is 0 Å². The second-order valence-electron chi connectivity index (χ2n) is 12.5. The Morgan fingerprint density at radius 2 is 1.88 bits per heavy atom.